The zero-order valence-corrected chi connectivity index (χ0v) is 13.2. The molecule has 2 rings (SSSR count). The van der Waals surface area contributed by atoms with E-state index < -0.39 is 10.8 Å². The fourth-order valence-corrected chi connectivity index (χ4v) is 2.16. The summed E-state index contributed by atoms with van der Waals surface area (Å²) in [5.41, 5.74) is -0.150. The predicted octanol–water partition coefficient (Wildman–Crippen LogP) is 3.40. The SMILES string of the molecule is CN(CCOc1cccc(Cl)c1)C(=O)c1ccccc1[N+](=O)[O-]. The van der Waals surface area contributed by atoms with Crippen molar-refractivity contribution in [2.45, 2.75) is 0 Å². The first-order valence-electron chi connectivity index (χ1n) is 6.86. The van der Waals surface area contributed by atoms with Gasteiger partial charge in [0.2, 0.25) is 0 Å². The van der Waals surface area contributed by atoms with Crippen molar-refractivity contribution in [2.75, 3.05) is 20.2 Å². The summed E-state index contributed by atoms with van der Waals surface area (Å²) in [4.78, 5) is 24.1. The Kier molecular flexibility index (Phi) is 5.54. The van der Waals surface area contributed by atoms with Gasteiger partial charge in [0, 0.05) is 18.1 Å². The molecule has 120 valence electrons. The van der Waals surface area contributed by atoms with Gasteiger partial charge in [-0.2, -0.15) is 0 Å². The minimum absolute atomic E-state index is 0.0581. The molecule has 0 aliphatic carbocycles. The van der Waals surface area contributed by atoms with E-state index in [1.165, 1.54) is 23.1 Å². The maximum atomic E-state index is 12.3. The Morgan fingerprint density at radius 1 is 1.26 bits per heavy atom. The van der Waals surface area contributed by atoms with Crippen LogP contribution in [-0.2, 0) is 0 Å². The van der Waals surface area contributed by atoms with Gasteiger partial charge in [-0.05, 0) is 24.3 Å². The highest BCUT2D eigenvalue weighted by Crippen LogP contribution is 2.19. The lowest BCUT2D eigenvalue weighted by Crippen LogP contribution is -2.31. The molecule has 2 aromatic rings. The molecule has 23 heavy (non-hydrogen) atoms. The maximum absolute atomic E-state index is 12.3. The zero-order valence-electron chi connectivity index (χ0n) is 12.4. The van der Waals surface area contributed by atoms with Crippen LogP contribution in [0.1, 0.15) is 10.4 Å². The molecule has 0 saturated heterocycles. The second-order valence-corrected chi connectivity index (χ2v) is 5.24. The molecular weight excluding hydrogens is 320 g/mol. The van der Waals surface area contributed by atoms with Gasteiger partial charge in [0.1, 0.15) is 17.9 Å². The van der Waals surface area contributed by atoms with Crippen LogP contribution in [0.15, 0.2) is 48.5 Å². The van der Waals surface area contributed by atoms with E-state index in [1.807, 2.05) is 0 Å². The largest absolute Gasteiger partial charge is 0.492 e. The van der Waals surface area contributed by atoms with Crippen molar-refractivity contribution >= 4 is 23.2 Å². The Morgan fingerprint density at radius 2 is 2.00 bits per heavy atom. The lowest BCUT2D eigenvalue weighted by molar-refractivity contribution is -0.385. The van der Waals surface area contributed by atoms with Gasteiger partial charge in [-0.3, -0.25) is 14.9 Å². The van der Waals surface area contributed by atoms with Gasteiger partial charge < -0.3 is 9.64 Å². The fourth-order valence-electron chi connectivity index (χ4n) is 1.98. The van der Waals surface area contributed by atoms with Crippen LogP contribution in [0, 0.1) is 10.1 Å². The molecule has 0 saturated carbocycles. The van der Waals surface area contributed by atoms with Gasteiger partial charge in [0.25, 0.3) is 11.6 Å². The van der Waals surface area contributed by atoms with Gasteiger partial charge in [0.05, 0.1) is 11.5 Å². The number of para-hydroxylation sites is 1. The zero-order chi connectivity index (χ0) is 16.8. The molecule has 0 bridgehead atoms. The van der Waals surface area contributed by atoms with Gasteiger partial charge in [-0.25, -0.2) is 0 Å². The van der Waals surface area contributed by atoms with Crippen LogP contribution >= 0.6 is 11.6 Å². The molecule has 7 heteroatoms. The molecule has 0 spiro atoms. The molecule has 2 aromatic carbocycles. The van der Waals surface area contributed by atoms with Crippen molar-refractivity contribution in [1.82, 2.24) is 4.90 Å². The number of carbonyl (C=O) groups excluding carboxylic acids is 1. The second-order valence-electron chi connectivity index (χ2n) is 4.81. The highest BCUT2D eigenvalue weighted by atomic mass is 35.5. The normalized spacial score (nSPS) is 10.2. The molecule has 0 N–H and O–H groups in total. The number of ether oxygens (including phenoxy) is 1. The minimum Gasteiger partial charge on any atom is -0.492 e. The molecule has 0 aliphatic rings. The summed E-state index contributed by atoms with van der Waals surface area (Å²) < 4.78 is 5.51. The number of hydrogen-bond acceptors (Lipinski definition) is 4. The van der Waals surface area contributed by atoms with Crippen LogP contribution < -0.4 is 4.74 Å². The van der Waals surface area contributed by atoms with Gasteiger partial charge in [-0.1, -0.05) is 29.8 Å². The highest BCUT2D eigenvalue weighted by molar-refractivity contribution is 6.30. The van der Waals surface area contributed by atoms with Gasteiger partial charge >= 0.3 is 0 Å². The third kappa shape index (κ3) is 4.43. The smallest absolute Gasteiger partial charge is 0.282 e. The van der Waals surface area contributed by atoms with Crippen LogP contribution in [0.25, 0.3) is 0 Å². The molecule has 0 radical (unpaired) electrons. The van der Waals surface area contributed by atoms with Crippen molar-refractivity contribution in [3.63, 3.8) is 0 Å². The van der Waals surface area contributed by atoms with E-state index in [-0.39, 0.29) is 24.4 Å². The first-order valence-corrected chi connectivity index (χ1v) is 7.24. The number of halogens is 1. The first-order chi connectivity index (χ1) is 11.0. The molecule has 1 amide bonds. The van der Waals surface area contributed by atoms with Crippen molar-refractivity contribution in [3.8, 4) is 5.75 Å². The highest BCUT2D eigenvalue weighted by Gasteiger charge is 2.21. The molecular formula is C16H15ClN2O4. The standard InChI is InChI=1S/C16H15ClN2O4/c1-18(9-10-23-13-6-4-5-12(17)11-13)16(20)14-7-2-3-8-15(14)19(21)22/h2-8,11H,9-10H2,1H3. The average molecular weight is 335 g/mol. The Hall–Kier alpha value is -2.60. The van der Waals surface area contributed by atoms with E-state index in [4.69, 9.17) is 16.3 Å². The number of nitrogens with zero attached hydrogens (tertiary/aromatic N) is 2. The van der Waals surface area contributed by atoms with E-state index in [0.29, 0.717) is 10.8 Å². The first kappa shape index (κ1) is 16.8. The number of carbonyl (C=O) groups is 1. The lowest BCUT2D eigenvalue weighted by atomic mass is 10.1. The van der Waals surface area contributed by atoms with Crippen LogP contribution in [0.3, 0.4) is 0 Å². The molecule has 0 aromatic heterocycles. The van der Waals surface area contributed by atoms with E-state index >= 15 is 0 Å². The Balaban J connectivity index is 1.97. The summed E-state index contributed by atoms with van der Waals surface area (Å²) >= 11 is 5.86. The quantitative estimate of drug-likeness (QED) is 0.599. The summed E-state index contributed by atoms with van der Waals surface area (Å²) in [6.45, 7) is 0.542. The summed E-state index contributed by atoms with van der Waals surface area (Å²) in [6.07, 6.45) is 0. The van der Waals surface area contributed by atoms with Crippen molar-refractivity contribution in [1.29, 1.82) is 0 Å². The van der Waals surface area contributed by atoms with Gasteiger partial charge in [-0.15, -0.1) is 0 Å². The Bertz CT molecular complexity index is 721. The molecule has 6 nitrogen and oxygen atoms in total. The summed E-state index contributed by atoms with van der Waals surface area (Å²) in [7, 11) is 1.57. The minimum atomic E-state index is -0.566. The monoisotopic (exact) mass is 334 g/mol. The van der Waals surface area contributed by atoms with E-state index in [0.717, 1.165) is 0 Å². The third-order valence-electron chi connectivity index (χ3n) is 3.17. The second kappa shape index (κ2) is 7.60. The summed E-state index contributed by atoms with van der Waals surface area (Å²) in [5, 5.41) is 11.5. The summed E-state index contributed by atoms with van der Waals surface area (Å²) in [6, 6.07) is 12.8. The van der Waals surface area contributed by atoms with Crippen molar-refractivity contribution in [3.05, 3.63) is 69.2 Å². The lowest BCUT2D eigenvalue weighted by Gasteiger charge is -2.17. The maximum Gasteiger partial charge on any atom is 0.282 e. The molecule has 0 heterocycles. The van der Waals surface area contributed by atoms with Crippen molar-refractivity contribution in [2.24, 2.45) is 0 Å². The average Bonchev–Trinajstić information content (AvgIpc) is 2.54. The van der Waals surface area contributed by atoms with E-state index in [1.54, 1.807) is 37.4 Å². The van der Waals surface area contributed by atoms with E-state index in [9.17, 15) is 14.9 Å². The van der Waals surface area contributed by atoms with Crippen LogP contribution in [0.5, 0.6) is 5.75 Å². The number of nitro groups is 1. The van der Waals surface area contributed by atoms with Crippen molar-refractivity contribution < 1.29 is 14.5 Å². The number of benzene rings is 2. The number of likely N-dealkylation sites (N-methyl/N-ethyl adjacent to an activating group) is 1. The van der Waals surface area contributed by atoms with Crippen LogP contribution in [-0.4, -0.2) is 35.9 Å². The van der Waals surface area contributed by atoms with Crippen LogP contribution in [0.2, 0.25) is 5.02 Å². The number of nitro benzene ring substituents is 1. The third-order valence-corrected chi connectivity index (χ3v) is 3.40. The Morgan fingerprint density at radius 3 is 2.70 bits per heavy atom. The fraction of sp³-hybridized carbons (Fsp3) is 0.188. The molecule has 0 unspecified atom stereocenters. The molecule has 0 atom stereocenters. The number of amides is 1. The van der Waals surface area contributed by atoms with Gasteiger partial charge in [0.15, 0.2) is 0 Å². The van der Waals surface area contributed by atoms with E-state index in [2.05, 4.69) is 0 Å². The molecule has 0 aliphatic heterocycles. The topological polar surface area (TPSA) is 72.7 Å². The molecule has 0 fully saturated rings. The number of rotatable bonds is 6. The van der Waals surface area contributed by atoms with Crippen LogP contribution in [0.4, 0.5) is 5.69 Å². The predicted molar refractivity (Wildman–Crippen MR) is 87.0 cm³/mol. The number of hydrogen-bond donors (Lipinski definition) is 0. The summed E-state index contributed by atoms with van der Waals surface area (Å²) in [5.74, 6) is 0.177. The Labute approximate surface area is 138 Å².